The predicted molar refractivity (Wildman–Crippen MR) is 48.9 cm³/mol. The van der Waals surface area contributed by atoms with E-state index in [1.165, 1.54) is 0 Å². The van der Waals surface area contributed by atoms with Crippen molar-refractivity contribution in [2.24, 2.45) is 11.8 Å². The van der Waals surface area contributed by atoms with E-state index in [1.807, 2.05) is 6.92 Å². The summed E-state index contributed by atoms with van der Waals surface area (Å²) < 4.78 is 13.6. The number of fused-ring (bicyclic) bond motifs is 1. The molecule has 13 heavy (non-hydrogen) atoms. The Morgan fingerprint density at radius 3 is 2.85 bits per heavy atom. The summed E-state index contributed by atoms with van der Waals surface area (Å²) in [4.78, 5) is 5.35. The Morgan fingerprint density at radius 1 is 1.31 bits per heavy atom. The minimum atomic E-state index is -0.625. The van der Waals surface area contributed by atoms with Crippen molar-refractivity contribution in [1.29, 1.82) is 0 Å². The van der Waals surface area contributed by atoms with Crippen LogP contribution >= 0.6 is 0 Å². The van der Waals surface area contributed by atoms with E-state index in [4.69, 9.17) is 4.84 Å². The van der Waals surface area contributed by atoms with Crippen molar-refractivity contribution in [1.82, 2.24) is 5.48 Å². The van der Waals surface area contributed by atoms with Gasteiger partial charge in [-0.1, -0.05) is 6.92 Å². The molecule has 1 heterocycles. The smallest absolute Gasteiger partial charge is 0.105 e. The summed E-state index contributed by atoms with van der Waals surface area (Å²) in [6.45, 7) is 4.17. The van der Waals surface area contributed by atoms with E-state index in [-0.39, 0.29) is 18.1 Å². The molecule has 0 aromatic rings. The highest BCUT2D eigenvalue weighted by Crippen LogP contribution is 2.36. The maximum absolute atomic E-state index is 13.6. The third kappa shape index (κ3) is 1.72. The normalized spacial score (nSPS) is 51.5. The highest BCUT2D eigenvalue weighted by molar-refractivity contribution is 4.92. The maximum atomic E-state index is 13.6. The molecule has 0 aromatic heterocycles. The lowest BCUT2D eigenvalue weighted by Crippen LogP contribution is -2.54. The Balaban J connectivity index is 2.06. The van der Waals surface area contributed by atoms with Crippen LogP contribution in [0.2, 0.25) is 0 Å². The molecule has 3 heteroatoms. The van der Waals surface area contributed by atoms with Crippen molar-refractivity contribution in [3.05, 3.63) is 0 Å². The molecule has 2 fully saturated rings. The Labute approximate surface area is 78.8 Å². The summed E-state index contributed by atoms with van der Waals surface area (Å²) in [5.41, 5.74) is 3.01. The number of nitrogens with one attached hydrogen (secondary N) is 1. The van der Waals surface area contributed by atoms with E-state index in [2.05, 4.69) is 12.4 Å². The SMILES string of the molecule is CC1CC2C(F)CCC(C)C2NO1. The second kappa shape index (κ2) is 3.54. The van der Waals surface area contributed by atoms with Crippen molar-refractivity contribution >= 4 is 0 Å². The van der Waals surface area contributed by atoms with Gasteiger partial charge in [-0.25, -0.2) is 4.39 Å². The van der Waals surface area contributed by atoms with E-state index in [0.29, 0.717) is 5.92 Å². The molecule has 1 aliphatic carbocycles. The van der Waals surface area contributed by atoms with Crippen LogP contribution in [0.25, 0.3) is 0 Å². The van der Waals surface area contributed by atoms with Gasteiger partial charge in [0, 0.05) is 12.0 Å². The fraction of sp³-hybridized carbons (Fsp3) is 1.00. The molecular weight excluding hydrogens is 169 g/mol. The molecular formula is C10H18FNO. The maximum Gasteiger partial charge on any atom is 0.105 e. The van der Waals surface area contributed by atoms with E-state index >= 15 is 0 Å². The molecule has 1 N–H and O–H groups in total. The van der Waals surface area contributed by atoms with Crippen molar-refractivity contribution in [2.75, 3.05) is 0 Å². The van der Waals surface area contributed by atoms with Crippen LogP contribution in [0.4, 0.5) is 4.39 Å². The van der Waals surface area contributed by atoms with Crippen LogP contribution in [-0.4, -0.2) is 18.3 Å². The van der Waals surface area contributed by atoms with Crippen LogP contribution in [0.1, 0.15) is 33.1 Å². The zero-order valence-electron chi connectivity index (χ0n) is 8.29. The van der Waals surface area contributed by atoms with E-state index < -0.39 is 6.17 Å². The molecule has 1 saturated heterocycles. The van der Waals surface area contributed by atoms with E-state index in [9.17, 15) is 4.39 Å². The van der Waals surface area contributed by atoms with Gasteiger partial charge < -0.3 is 0 Å². The molecule has 1 aliphatic heterocycles. The molecule has 2 rings (SSSR count). The summed E-state index contributed by atoms with van der Waals surface area (Å²) >= 11 is 0. The van der Waals surface area contributed by atoms with E-state index in [1.54, 1.807) is 0 Å². The predicted octanol–water partition coefficient (Wildman–Crippen LogP) is 2.05. The van der Waals surface area contributed by atoms with Crippen LogP contribution in [0.5, 0.6) is 0 Å². The molecule has 1 saturated carbocycles. The molecule has 5 unspecified atom stereocenters. The Bertz CT molecular complexity index is 188. The van der Waals surface area contributed by atoms with Gasteiger partial charge in [-0.3, -0.25) is 4.84 Å². The lowest BCUT2D eigenvalue weighted by atomic mass is 9.74. The number of hydrogen-bond acceptors (Lipinski definition) is 2. The number of rotatable bonds is 0. The largest absolute Gasteiger partial charge is 0.299 e. The summed E-state index contributed by atoms with van der Waals surface area (Å²) in [6, 6.07) is 0.236. The molecule has 0 radical (unpaired) electrons. The van der Waals surface area contributed by atoms with Gasteiger partial charge in [-0.2, -0.15) is 5.48 Å². The minimum Gasteiger partial charge on any atom is -0.299 e. The third-order valence-corrected chi connectivity index (χ3v) is 3.45. The van der Waals surface area contributed by atoms with Gasteiger partial charge in [-0.05, 0) is 32.1 Å². The summed E-state index contributed by atoms with van der Waals surface area (Å²) in [7, 11) is 0. The van der Waals surface area contributed by atoms with Crippen LogP contribution in [0.3, 0.4) is 0 Å². The minimum absolute atomic E-state index is 0.157. The topological polar surface area (TPSA) is 21.3 Å². The summed E-state index contributed by atoms with van der Waals surface area (Å²) in [6.07, 6.45) is 2.11. The quantitative estimate of drug-likeness (QED) is 0.626. The molecule has 0 aromatic carbocycles. The Hall–Kier alpha value is -0.150. The van der Waals surface area contributed by atoms with Gasteiger partial charge in [0.25, 0.3) is 0 Å². The number of alkyl halides is 1. The zero-order chi connectivity index (χ0) is 9.42. The second-order valence-corrected chi connectivity index (χ2v) is 4.54. The van der Waals surface area contributed by atoms with Crippen LogP contribution in [0.15, 0.2) is 0 Å². The Morgan fingerprint density at radius 2 is 2.08 bits per heavy atom. The first-order chi connectivity index (χ1) is 6.18. The van der Waals surface area contributed by atoms with Gasteiger partial charge in [0.2, 0.25) is 0 Å². The summed E-state index contributed by atoms with van der Waals surface area (Å²) in [5, 5.41) is 0. The molecule has 0 bridgehead atoms. The van der Waals surface area contributed by atoms with Crippen LogP contribution < -0.4 is 5.48 Å². The Kier molecular flexibility index (Phi) is 2.56. The van der Waals surface area contributed by atoms with Crippen molar-refractivity contribution < 1.29 is 9.23 Å². The first kappa shape index (κ1) is 9.41. The molecule has 76 valence electrons. The van der Waals surface area contributed by atoms with Gasteiger partial charge >= 0.3 is 0 Å². The summed E-state index contributed by atoms with van der Waals surface area (Å²) in [5.74, 6) is 0.719. The first-order valence-corrected chi connectivity index (χ1v) is 5.23. The number of hydroxylamine groups is 1. The fourth-order valence-corrected chi connectivity index (χ4v) is 2.59. The first-order valence-electron chi connectivity index (χ1n) is 5.23. The standard InChI is InChI=1S/C10H18FNO/c1-6-3-4-9(11)8-5-7(2)13-12-10(6)8/h6-10,12H,3-5H2,1-2H3. The lowest BCUT2D eigenvalue weighted by Gasteiger charge is -2.43. The van der Waals surface area contributed by atoms with Gasteiger partial charge in [-0.15, -0.1) is 0 Å². The monoisotopic (exact) mass is 187 g/mol. The molecule has 2 aliphatic rings. The van der Waals surface area contributed by atoms with Crippen molar-refractivity contribution in [2.45, 2.75) is 51.4 Å². The van der Waals surface area contributed by atoms with Crippen LogP contribution in [0, 0.1) is 11.8 Å². The van der Waals surface area contributed by atoms with Crippen LogP contribution in [-0.2, 0) is 4.84 Å². The van der Waals surface area contributed by atoms with Gasteiger partial charge in [0.15, 0.2) is 0 Å². The van der Waals surface area contributed by atoms with E-state index in [0.717, 1.165) is 19.3 Å². The highest BCUT2D eigenvalue weighted by atomic mass is 19.1. The van der Waals surface area contributed by atoms with Gasteiger partial charge in [0.05, 0.1) is 6.10 Å². The number of halogens is 1. The molecule has 0 spiro atoms. The molecule has 2 nitrogen and oxygen atoms in total. The average Bonchev–Trinajstić information content (AvgIpc) is 2.12. The average molecular weight is 187 g/mol. The van der Waals surface area contributed by atoms with Crippen molar-refractivity contribution in [3.8, 4) is 0 Å². The fourth-order valence-electron chi connectivity index (χ4n) is 2.59. The molecule has 0 amide bonds. The molecule has 5 atom stereocenters. The number of hydrogen-bond donors (Lipinski definition) is 1. The second-order valence-electron chi connectivity index (χ2n) is 4.54. The zero-order valence-corrected chi connectivity index (χ0v) is 8.29. The lowest BCUT2D eigenvalue weighted by molar-refractivity contribution is -0.132. The highest BCUT2D eigenvalue weighted by Gasteiger charge is 2.41. The van der Waals surface area contributed by atoms with Gasteiger partial charge in [0.1, 0.15) is 6.17 Å². The third-order valence-electron chi connectivity index (χ3n) is 3.45. The van der Waals surface area contributed by atoms with Crippen molar-refractivity contribution in [3.63, 3.8) is 0 Å².